The molecule has 0 N–H and O–H groups in total. The first-order valence-corrected chi connectivity index (χ1v) is 7.86. The van der Waals surface area contributed by atoms with Crippen LogP contribution in [-0.2, 0) is 9.53 Å². The molecule has 0 spiro atoms. The van der Waals surface area contributed by atoms with E-state index < -0.39 is 11.6 Å². The molecule has 0 bridgehead atoms. The minimum Gasteiger partial charge on any atom is -0.372 e. The molecule has 1 aliphatic heterocycles. The summed E-state index contributed by atoms with van der Waals surface area (Å²) in [5.41, 5.74) is 0.642. The Balaban J connectivity index is 1.98. The lowest BCUT2D eigenvalue weighted by molar-refractivity contribution is -0.144. The van der Waals surface area contributed by atoms with Crippen molar-refractivity contribution in [1.29, 1.82) is 0 Å². The second-order valence-corrected chi connectivity index (χ2v) is 6.32. The normalized spacial score (nSPS) is 23.2. The third kappa shape index (κ3) is 4.48. The number of carbonyl (C=O) groups excluding carboxylic acids is 1. The minimum absolute atomic E-state index is 0.0175. The van der Waals surface area contributed by atoms with Crippen LogP contribution in [0.5, 0.6) is 0 Å². The molecule has 0 aromatic heterocycles. The van der Waals surface area contributed by atoms with Gasteiger partial charge in [0.1, 0.15) is 0 Å². The molecule has 128 valence electrons. The van der Waals surface area contributed by atoms with Crippen LogP contribution < -0.4 is 0 Å². The molecule has 2 rings (SSSR count). The Bertz CT molecular complexity index is 558. The van der Waals surface area contributed by atoms with Crippen molar-refractivity contribution in [3.63, 3.8) is 0 Å². The zero-order valence-electron chi connectivity index (χ0n) is 14.1. The Morgan fingerprint density at radius 1 is 1.30 bits per heavy atom. The van der Waals surface area contributed by atoms with E-state index in [0.29, 0.717) is 18.7 Å². The molecule has 23 heavy (non-hydrogen) atoms. The summed E-state index contributed by atoms with van der Waals surface area (Å²) >= 11 is 0. The highest BCUT2D eigenvalue weighted by Gasteiger charge is 2.27. The Hall–Kier alpha value is -1.53. The first kappa shape index (κ1) is 17.8. The lowest BCUT2D eigenvalue weighted by Gasteiger charge is -2.36. The maximum Gasteiger partial charge on any atom is 0.236 e. The minimum atomic E-state index is -0.870. The predicted octanol–water partition coefficient (Wildman–Crippen LogP) is 2.59. The molecule has 0 aliphatic carbocycles. The average Bonchev–Trinajstić information content (AvgIpc) is 2.48. The van der Waals surface area contributed by atoms with Gasteiger partial charge in [-0.25, -0.2) is 8.78 Å². The van der Waals surface area contributed by atoms with Gasteiger partial charge in [-0.15, -0.1) is 0 Å². The maximum absolute atomic E-state index is 13.4. The van der Waals surface area contributed by atoms with Crippen LogP contribution in [0.3, 0.4) is 0 Å². The van der Waals surface area contributed by atoms with Gasteiger partial charge in [0.2, 0.25) is 5.91 Å². The van der Waals surface area contributed by atoms with Crippen LogP contribution in [0.4, 0.5) is 8.78 Å². The molecule has 6 heteroatoms. The van der Waals surface area contributed by atoms with E-state index in [0.717, 1.165) is 6.07 Å². The van der Waals surface area contributed by atoms with E-state index in [4.69, 9.17) is 4.74 Å². The van der Waals surface area contributed by atoms with E-state index in [2.05, 4.69) is 0 Å². The number of halogens is 2. The van der Waals surface area contributed by atoms with Crippen LogP contribution in [0.2, 0.25) is 0 Å². The van der Waals surface area contributed by atoms with E-state index in [1.165, 1.54) is 6.07 Å². The smallest absolute Gasteiger partial charge is 0.236 e. The molecule has 0 saturated carbocycles. The Labute approximate surface area is 136 Å². The van der Waals surface area contributed by atoms with Crippen molar-refractivity contribution in [3.8, 4) is 0 Å². The topological polar surface area (TPSA) is 32.8 Å². The molecule has 0 radical (unpaired) electrons. The third-order valence-corrected chi connectivity index (χ3v) is 4.24. The van der Waals surface area contributed by atoms with E-state index in [-0.39, 0.29) is 30.7 Å². The zero-order valence-corrected chi connectivity index (χ0v) is 14.1. The van der Waals surface area contributed by atoms with E-state index in [1.54, 1.807) is 18.0 Å². The number of likely N-dealkylation sites (N-methyl/N-ethyl adjacent to an activating group) is 1. The van der Waals surface area contributed by atoms with Crippen LogP contribution in [0.25, 0.3) is 0 Å². The monoisotopic (exact) mass is 326 g/mol. The fourth-order valence-electron chi connectivity index (χ4n) is 2.86. The van der Waals surface area contributed by atoms with Crippen LogP contribution in [0.15, 0.2) is 18.2 Å². The van der Waals surface area contributed by atoms with Gasteiger partial charge < -0.3 is 9.64 Å². The molecule has 1 aromatic rings. The predicted molar refractivity (Wildman–Crippen MR) is 84.0 cm³/mol. The van der Waals surface area contributed by atoms with Gasteiger partial charge in [-0.05, 0) is 45.5 Å². The standard InChI is InChI=1S/C17H24F2N2O2/c1-11-8-21(9-12(2)23-11)17(22)10-20(4)13(3)14-5-6-15(18)16(19)7-14/h5-7,11-13H,8-10H2,1-4H3. The first-order chi connectivity index (χ1) is 10.8. The van der Waals surface area contributed by atoms with Crippen molar-refractivity contribution in [3.05, 3.63) is 35.4 Å². The Kier molecular flexibility index (Phi) is 5.70. The summed E-state index contributed by atoms with van der Waals surface area (Å²) in [6, 6.07) is 3.65. The molecular weight excluding hydrogens is 302 g/mol. The molecule has 1 aromatic carbocycles. The quantitative estimate of drug-likeness (QED) is 0.853. The molecule has 1 aliphatic rings. The molecule has 1 fully saturated rings. The Morgan fingerprint density at radius 2 is 1.91 bits per heavy atom. The molecule has 3 unspecified atom stereocenters. The number of ether oxygens (including phenoxy) is 1. The molecule has 4 nitrogen and oxygen atoms in total. The van der Waals surface area contributed by atoms with Crippen molar-refractivity contribution >= 4 is 5.91 Å². The highest BCUT2D eigenvalue weighted by molar-refractivity contribution is 5.78. The largest absolute Gasteiger partial charge is 0.372 e. The van der Waals surface area contributed by atoms with Gasteiger partial charge >= 0.3 is 0 Å². The summed E-state index contributed by atoms with van der Waals surface area (Å²) in [5, 5.41) is 0. The summed E-state index contributed by atoms with van der Waals surface area (Å²) in [7, 11) is 1.80. The van der Waals surface area contributed by atoms with Crippen molar-refractivity contribution < 1.29 is 18.3 Å². The second-order valence-electron chi connectivity index (χ2n) is 6.32. The van der Waals surface area contributed by atoms with Gasteiger partial charge in [0.05, 0.1) is 18.8 Å². The number of nitrogens with zero attached hydrogens (tertiary/aromatic N) is 2. The summed E-state index contributed by atoms with van der Waals surface area (Å²) in [4.78, 5) is 16.1. The molecular formula is C17H24F2N2O2. The van der Waals surface area contributed by atoms with E-state index in [1.807, 2.05) is 25.7 Å². The number of hydrogen-bond acceptors (Lipinski definition) is 3. The SMILES string of the molecule is CC1CN(C(=O)CN(C)C(C)c2ccc(F)c(F)c2)CC(C)O1. The van der Waals surface area contributed by atoms with Crippen LogP contribution in [-0.4, -0.2) is 54.6 Å². The van der Waals surface area contributed by atoms with Gasteiger partial charge in [-0.2, -0.15) is 0 Å². The lowest BCUT2D eigenvalue weighted by Crippen LogP contribution is -2.50. The van der Waals surface area contributed by atoms with Gasteiger partial charge in [0.15, 0.2) is 11.6 Å². The zero-order chi connectivity index (χ0) is 17.1. The molecule has 1 amide bonds. The lowest BCUT2D eigenvalue weighted by atomic mass is 10.1. The van der Waals surface area contributed by atoms with Crippen molar-refractivity contribution in [2.24, 2.45) is 0 Å². The third-order valence-electron chi connectivity index (χ3n) is 4.24. The number of carbonyl (C=O) groups is 1. The second kappa shape index (κ2) is 7.36. The molecule has 1 heterocycles. The highest BCUT2D eigenvalue weighted by Crippen LogP contribution is 2.21. The van der Waals surface area contributed by atoms with Crippen LogP contribution in [0, 0.1) is 11.6 Å². The number of rotatable bonds is 4. The summed E-state index contributed by atoms with van der Waals surface area (Å²) in [6.45, 7) is 7.14. The van der Waals surface area contributed by atoms with Gasteiger partial charge in [-0.1, -0.05) is 6.07 Å². The van der Waals surface area contributed by atoms with Gasteiger partial charge in [0.25, 0.3) is 0 Å². The van der Waals surface area contributed by atoms with E-state index in [9.17, 15) is 13.6 Å². The van der Waals surface area contributed by atoms with Crippen LogP contribution >= 0.6 is 0 Å². The number of benzene rings is 1. The summed E-state index contributed by atoms with van der Waals surface area (Å²) < 4.78 is 32.0. The maximum atomic E-state index is 13.4. The van der Waals surface area contributed by atoms with Crippen molar-refractivity contribution in [2.45, 2.75) is 39.0 Å². The van der Waals surface area contributed by atoms with Gasteiger partial charge in [0, 0.05) is 19.1 Å². The number of hydrogen-bond donors (Lipinski definition) is 0. The summed E-state index contributed by atoms with van der Waals surface area (Å²) in [5.74, 6) is -1.72. The first-order valence-electron chi connectivity index (χ1n) is 7.86. The number of amides is 1. The fourth-order valence-corrected chi connectivity index (χ4v) is 2.86. The number of morpholine rings is 1. The molecule has 1 saturated heterocycles. The summed E-state index contributed by atoms with van der Waals surface area (Å²) in [6.07, 6.45) is 0.0493. The molecule has 3 atom stereocenters. The average molecular weight is 326 g/mol. The van der Waals surface area contributed by atoms with Gasteiger partial charge in [-0.3, -0.25) is 9.69 Å². The van der Waals surface area contributed by atoms with Crippen molar-refractivity contribution in [1.82, 2.24) is 9.80 Å². The van der Waals surface area contributed by atoms with E-state index >= 15 is 0 Å². The Morgan fingerprint density at radius 3 is 2.48 bits per heavy atom. The highest BCUT2D eigenvalue weighted by atomic mass is 19.2. The fraction of sp³-hybridized carbons (Fsp3) is 0.588. The van der Waals surface area contributed by atoms with Crippen LogP contribution in [0.1, 0.15) is 32.4 Å². The van der Waals surface area contributed by atoms with Crippen molar-refractivity contribution in [2.75, 3.05) is 26.7 Å².